The molecule has 0 saturated heterocycles. The molecular weight excluding hydrogens is 296 g/mol. The fourth-order valence-corrected chi connectivity index (χ4v) is 3.95. The lowest BCUT2D eigenvalue weighted by Gasteiger charge is -2.29. The standard InChI is InChI=1S/C17H16N2O2S/c20-22(21)12-5-1-4-11(10-12)13-6-2-8-15-16(13)14-7-3-9-18-17(14)19-15/h1-6,8-10,14-16H,7H2,(H,18,19)(H,20,21). The third-order valence-corrected chi connectivity index (χ3v) is 5.15. The minimum absolute atomic E-state index is 0.149. The Morgan fingerprint density at radius 1 is 1.36 bits per heavy atom. The van der Waals surface area contributed by atoms with Gasteiger partial charge in [0.25, 0.3) is 0 Å². The normalized spacial score (nSPS) is 30.0. The molecule has 0 amide bonds. The molecule has 0 aromatic heterocycles. The Kier molecular flexibility index (Phi) is 3.32. The van der Waals surface area contributed by atoms with Crippen molar-refractivity contribution < 1.29 is 8.76 Å². The summed E-state index contributed by atoms with van der Waals surface area (Å²) in [7, 11) is 0. The van der Waals surface area contributed by atoms with Crippen LogP contribution in [0, 0.1) is 11.8 Å². The van der Waals surface area contributed by atoms with Crippen LogP contribution in [0.25, 0.3) is 5.57 Å². The summed E-state index contributed by atoms with van der Waals surface area (Å²) in [4.78, 5) is 5.22. The van der Waals surface area contributed by atoms with Crippen LogP contribution in [0.15, 0.2) is 64.7 Å². The zero-order chi connectivity index (χ0) is 15.1. The molecule has 1 aromatic carbocycles. The number of hydrogen-bond acceptors (Lipinski definition) is 3. The Morgan fingerprint density at radius 3 is 3.14 bits per heavy atom. The number of nitrogens with one attached hydrogen (secondary N) is 1. The summed E-state index contributed by atoms with van der Waals surface area (Å²) in [6.07, 6.45) is 11.3. The lowest BCUT2D eigenvalue weighted by atomic mass is 9.75. The van der Waals surface area contributed by atoms with E-state index in [0.29, 0.717) is 16.7 Å². The molecule has 1 aromatic rings. The molecule has 2 heterocycles. The highest BCUT2D eigenvalue weighted by molar-refractivity contribution is 7.79. The van der Waals surface area contributed by atoms with Crippen LogP contribution in [0.1, 0.15) is 12.0 Å². The Balaban J connectivity index is 1.74. The number of hydrogen-bond donors (Lipinski definition) is 2. The molecule has 4 nitrogen and oxygen atoms in total. The summed E-state index contributed by atoms with van der Waals surface area (Å²) in [5.74, 6) is 1.70. The molecule has 4 unspecified atom stereocenters. The molecule has 22 heavy (non-hydrogen) atoms. The predicted octanol–water partition coefficient (Wildman–Crippen LogP) is 2.74. The summed E-state index contributed by atoms with van der Waals surface area (Å²) in [5, 5.41) is 3.26. The number of benzene rings is 1. The van der Waals surface area contributed by atoms with E-state index in [1.807, 2.05) is 30.5 Å². The SMILES string of the molecule is O=S(O)c1cccc(C2=CC=CC3N=C4NC=CCC4C23)c1. The summed E-state index contributed by atoms with van der Waals surface area (Å²) in [6, 6.07) is 7.47. The maximum absolute atomic E-state index is 11.3. The number of aliphatic imine (C=N–C) groups is 1. The molecule has 2 aliphatic heterocycles. The molecule has 4 atom stereocenters. The predicted molar refractivity (Wildman–Crippen MR) is 87.7 cm³/mol. The van der Waals surface area contributed by atoms with Gasteiger partial charge in [0, 0.05) is 11.8 Å². The van der Waals surface area contributed by atoms with E-state index in [1.54, 1.807) is 6.07 Å². The first-order valence-electron chi connectivity index (χ1n) is 7.33. The molecule has 1 aliphatic carbocycles. The Bertz CT molecular complexity index is 764. The molecular formula is C17H16N2O2S. The number of rotatable bonds is 2. The zero-order valence-corrected chi connectivity index (χ0v) is 12.7. The molecule has 0 spiro atoms. The maximum Gasteiger partial charge on any atom is 0.186 e. The highest BCUT2D eigenvalue weighted by Crippen LogP contribution is 2.43. The van der Waals surface area contributed by atoms with Gasteiger partial charge in [-0.1, -0.05) is 36.4 Å². The van der Waals surface area contributed by atoms with Crippen molar-refractivity contribution in [2.24, 2.45) is 16.8 Å². The van der Waals surface area contributed by atoms with Crippen molar-refractivity contribution in [3.63, 3.8) is 0 Å². The minimum Gasteiger partial charge on any atom is -0.350 e. The van der Waals surface area contributed by atoms with Crippen LogP contribution in [0.5, 0.6) is 0 Å². The molecule has 3 aliphatic rings. The molecule has 0 fully saturated rings. The van der Waals surface area contributed by atoms with Crippen molar-refractivity contribution in [3.8, 4) is 0 Å². The topological polar surface area (TPSA) is 61.7 Å². The van der Waals surface area contributed by atoms with Gasteiger partial charge < -0.3 is 9.87 Å². The van der Waals surface area contributed by atoms with Crippen LogP contribution in [0.3, 0.4) is 0 Å². The highest BCUT2D eigenvalue weighted by atomic mass is 32.2. The van der Waals surface area contributed by atoms with Gasteiger partial charge in [-0.2, -0.15) is 0 Å². The molecule has 0 bridgehead atoms. The highest BCUT2D eigenvalue weighted by Gasteiger charge is 2.41. The summed E-state index contributed by atoms with van der Waals surface area (Å²) < 4.78 is 20.6. The van der Waals surface area contributed by atoms with Crippen LogP contribution < -0.4 is 5.32 Å². The number of nitrogens with zero attached hydrogens (tertiary/aromatic N) is 1. The average Bonchev–Trinajstić information content (AvgIpc) is 2.93. The molecule has 4 rings (SSSR count). The molecule has 0 saturated carbocycles. The largest absolute Gasteiger partial charge is 0.350 e. The summed E-state index contributed by atoms with van der Waals surface area (Å²) in [5.41, 5.74) is 2.20. The van der Waals surface area contributed by atoms with Crippen molar-refractivity contribution in [1.29, 1.82) is 0 Å². The van der Waals surface area contributed by atoms with Gasteiger partial charge in [-0.3, -0.25) is 4.99 Å². The van der Waals surface area contributed by atoms with Crippen LogP contribution in [0.4, 0.5) is 0 Å². The first kappa shape index (κ1) is 13.7. The quantitative estimate of drug-likeness (QED) is 0.826. The lowest BCUT2D eigenvalue weighted by Crippen LogP contribution is -2.32. The second-order valence-corrected chi connectivity index (χ2v) is 6.67. The van der Waals surface area contributed by atoms with E-state index >= 15 is 0 Å². The van der Waals surface area contributed by atoms with Crippen molar-refractivity contribution in [2.45, 2.75) is 17.4 Å². The van der Waals surface area contributed by atoms with Gasteiger partial charge in [0.2, 0.25) is 0 Å². The van der Waals surface area contributed by atoms with E-state index in [9.17, 15) is 8.76 Å². The fraction of sp³-hybridized carbons (Fsp3) is 0.235. The first-order chi connectivity index (χ1) is 10.7. The van der Waals surface area contributed by atoms with Crippen molar-refractivity contribution in [2.75, 3.05) is 0 Å². The van der Waals surface area contributed by atoms with Gasteiger partial charge >= 0.3 is 0 Å². The third kappa shape index (κ3) is 2.17. The lowest BCUT2D eigenvalue weighted by molar-refractivity contribution is 0.508. The van der Waals surface area contributed by atoms with E-state index in [-0.39, 0.29) is 6.04 Å². The zero-order valence-electron chi connectivity index (χ0n) is 11.8. The maximum atomic E-state index is 11.3. The summed E-state index contributed by atoms with van der Waals surface area (Å²) in [6.45, 7) is 0. The van der Waals surface area contributed by atoms with E-state index in [0.717, 1.165) is 17.8 Å². The fourth-order valence-electron chi connectivity index (χ4n) is 3.53. The average molecular weight is 312 g/mol. The van der Waals surface area contributed by atoms with E-state index in [4.69, 9.17) is 4.99 Å². The number of amidine groups is 1. The number of allylic oxidation sites excluding steroid dienone is 3. The van der Waals surface area contributed by atoms with Crippen molar-refractivity contribution >= 4 is 22.5 Å². The molecule has 0 radical (unpaired) electrons. The molecule has 2 N–H and O–H groups in total. The second-order valence-electron chi connectivity index (χ2n) is 5.70. The van der Waals surface area contributed by atoms with Crippen LogP contribution in [-0.4, -0.2) is 20.6 Å². The van der Waals surface area contributed by atoms with Crippen molar-refractivity contribution in [3.05, 3.63) is 60.3 Å². The Morgan fingerprint density at radius 2 is 2.27 bits per heavy atom. The second kappa shape index (κ2) is 5.34. The summed E-state index contributed by atoms with van der Waals surface area (Å²) >= 11 is -1.96. The van der Waals surface area contributed by atoms with Crippen LogP contribution in [0.2, 0.25) is 0 Å². The molecule has 5 heteroatoms. The minimum atomic E-state index is -1.96. The van der Waals surface area contributed by atoms with E-state index in [2.05, 4.69) is 23.5 Å². The first-order valence-corrected chi connectivity index (χ1v) is 8.43. The number of fused-ring (bicyclic) bond motifs is 3. The third-order valence-electron chi connectivity index (χ3n) is 4.49. The van der Waals surface area contributed by atoms with Crippen LogP contribution >= 0.6 is 0 Å². The van der Waals surface area contributed by atoms with Gasteiger partial charge in [0.15, 0.2) is 11.1 Å². The smallest absolute Gasteiger partial charge is 0.186 e. The monoisotopic (exact) mass is 312 g/mol. The van der Waals surface area contributed by atoms with Gasteiger partial charge in [-0.05, 0) is 35.9 Å². The van der Waals surface area contributed by atoms with Crippen LogP contribution in [-0.2, 0) is 11.1 Å². The molecule has 112 valence electrons. The van der Waals surface area contributed by atoms with Gasteiger partial charge in [-0.15, -0.1) is 0 Å². The van der Waals surface area contributed by atoms with Gasteiger partial charge in [-0.25, -0.2) is 4.21 Å². The van der Waals surface area contributed by atoms with Gasteiger partial charge in [0.05, 0.1) is 10.9 Å². The van der Waals surface area contributed by atoms with Crippen molar-refractivity contribution in [1.82, 2.24) is 5.32 Å². The van der Waals surface area contributed by atoms with E-state index < -0.39 is 11.1 Å². The Labute approximate surface area is 131 Å². The van der Waals surface area contributed by atoms with E-state index in [1.165, 1.54) is 5.57 Å². The Hall–Kier alpha value is -1.98. The van der Waals surface area contributed by atoms with Gasteiger partial charge in [0.1, 0.15) is 5.84 Å².